The van der Waals surface area contributed by atoms with Crippen LogP contribution < -0.4 is 4.74 Å². The predicted molar refractivity (Wildman–Crippen MR) is 107 cm³/mol. The molecule has 0 aromatic heterocycles. The summed E-state index contributed by atoms with van der Waals surface area (Å²) in [6, 6.07) is 18.3. The maximum Gasteiger partial charge on any atom is 0.119 e. The molecular formula is C23H31NO2. The Balaban J connectivity index is 1.78. The Morgan fingerprint density at radius 3 is 2.15 bits per heavy atom. The summed E-state index contributed by atoms with van der Waals surface area (Å²) < 4.78 is 5.73. The van der Waals surface area contributed by atoms with Crippen LogP contribution in [0.5, 0.6) is 5.75 Å². The topological polar surface area (TPSA) is 32.7 Å². The van der Waals surface area contributed by atoms with Gasteiger partial charge < -0.3 is 14.7 Å². The summed E-state index contributed by atoms with van der Waals surface area (Å²) in [5.74, 6) is 0.925. The van der Waals surface area contributed by atoms with Gasteiger partial charge in [-0.3, -0.25) is 0 Å². The van der Waals surface area contributed by atoms with E-state index < -0.39 is 6.10 Å². The lowest BCUT2D eigenvalue weighted by molar-refractivity contribution is 0.109. The molecule has 0 bridgehead atoms. The van der Waals surface area contributed by atoms with Crippen molar-refractivity contribution in [3.8, 4) is 5.75 Å². The van der Waals surface area contributed by atoms with Crippen molar-refractivity contribution in [2.45, 2.75) is 51.2 Å². The lowest BCUT2D eigenvalue weighted by atomic mass is 9.88. The lowest BCUT2D eigenvalue weighted by Gasteiger charge is -2.33. The second-order valence-electron chi connectivity index (χ2n) is 7.56. The molecular weight excluding hydrogens is 322 g/mol. The Morgan fingerprint density at radius 2 is 1.54 bits per heavy atom. The van der Waals surface area contributed by atoms with Gasteiger partial charge in [0.1, 0.15) is 5.75 Å². The SMILES string of the molecule is CC(C)Oc1ccc([C@H](O)[C@@H](CN2CCCCC2)c2ccccc2)cc1. The van der Waals surface area contributed by atoms with Crippen LogP contribution in [0.2, 0.25) is 0 Å². The zero-order chi connectivity index (χ0) is 18.4. The third-order valence-electron chi connectivity index (χ3n) is 5.11. The Morgan fingerprint density at radius 1 is 0.885 bits per heavy atom. The average Bonchev–Trinajstić information content (AvgIpc) is 2.67. The monoisotopic (exact) mass is 353 g/mol. The Bertz CT molecular complexity index is 648. The minimum Gasteiger partial charge on any atom is -0.491 e. The number of hydrogen-bond donors (Lipinski definition) is 1. The third-order valence-corrected chi connectivity index (χ3v) is 5.11. The Kier molecular flexibility index (Phi) is 6.70. The molecule has 0 saturated carbocycles. The van der Waals surface area contributed by atoms with Gasteiger partial charge in [0.15, 0.2) is 0 Å². The Hall–Kier alpha value is -1.84. The minimum absolute atomic E-state index is 0.0752. The van der Waals surface area contributed by atoms with E-state index in [9.17, 15) is 5.11 Å². The number of hydrogen-bond acceptors (Lipinski definition) is 3. The van der Waals surface area contributed by atoms with E-state index in [2.05, 4.69) is 29.2 Å². The van der Waals surface area contributed by atoms with Crippen LogP contribution in [0.15, 0.2) is 54.6 Å². The van der Waals surface area contributed by atoms with Crippen molar-refractivity contribution in [1.29, 1.82) is 0 Å². The number of aliphatic hydroxyl groups is 1. The molecule has 3 heteroatoms. The number of nitrogens with zero attached hydrogens (tertiary/aromatic N) is 1. The molecule has 0 spiro atoms. The van der Waals surface area contributed by atoms with Gasteiger partial charge in [-0.1, -0.05) is 48.9 Å². The van der Waals surface area contributed by atoms with Crippen LogP contribution in [0.4, 0.5) is 0 Å². The van der Waals surface area contributed by atoms with Crippen molar-refractivity contribution in [2.75, 3.05) is 19.6 Å². The molecule has 1 aliphatic rings. The van der Waals surface area contributed by atoms with Crippen molar-refractivity contribution < 1.29 is 9.84 Å². The first-order chi connectivity index (χ1) is 12.6. The number of likely N-dealkylation sites (tertiary alicyclic amines) is 1. The zero-order valence-electron chi connectivity index (χ0n) is 16.0. The van der Waals surface area contributed by atoms with Gasteiger partial charge in [0.25, 0.3) is 0 Å². The van der Waals surface area contributed by atoms with E-state index in [-0.39, 0.29) is 12.0 Å². The van der Waals surface area contributed by atoms with E-state index in [4.69, 9.17) is 4.74 Å². The highest BCUT2D eigenvalue weighted by Gasteiger charge is 2.26. The van der Waals surface area contributed by atoms with Gasteiger partial charge in [0.2, 0.25) is 0 Å². The lowest BCUT2D eigenvalue weighted by Crippen LogP contribution is -2.35. The van der Waals surface area contributed by atoms with Crippen LogP contribution in [-0.4, -0.2) is 35.7 Å². The molecule has 1 aliphatic heterocycles. The summed E-state index contributed by atoms with van der Waals surface area (Å²) >= 11 is 0. The highest BCUT2D eigenvalue weighted by molar-refractivity contribution is 5.32. The van der Waals surface area contributed by atoms with Crippen molar-refractivity contribution in [2.24, 2.45) is 0 Å². The Labute approximate surface area is 157 Å². The average molecular weight is 354 g/mol. The summed E-state index contributed by atoms with van der Waals surface area (Å²) in [5.41, 5.74) is 2.15. The quantitative estimate of drug-likeness (QED) is 0.778. The van der Waals surface area contributed by atoms with Gasteiger partial charge in [-0.05, 0) is 63.0 Å². The summed E-state index contributed by atoms with van der Waals surface area (Å²) in [5, 5.41) is 11.2. The minimum atomic E-state index is -0.521. The van der Waals surface area contributed by atoms with E-state index in [1.807, 2.05) is 44.2 Å². The molecule has 26 heavy (non-hydrogen) atoms. The highest BCUT2D eigenvalue weighted by Crippen LogP contribution is 2.33. The smallest absolute Gasteiger partial charge is 0.119 e. The molecule has 140 valence electrons. The zero-order valence-corrected chi connectivity index (χ0v) is 16.0. The number of piperidine rings is 1. The summed E-state index contributed by atoms with van der Waals surface area (Å²) in [6.45, 7) is 7.21. The number of benzene rings is 2. The summed E-state index contributed by atoms with van der Waals surface area (Å²) in [7, 11) is 0. The molecule has 2 atom stereocenters. The van der Waals surface area contributed by atoms with Crippen molar-refractivity contribution in [3.05, 3.63) is 65.7 Å². The van der Waals surface area contributed by atoms with Crippen LogP contribution in [0, 0.1) is 0 Å². The molecule has 2 aromatic carbocycles. The van der Waals surface area contributed by atoms with Crippen molar-refractivity contribution in [3.63, 3.8) is 0 Å². The fraction of sp³-hybridized carbons (Fsp3) is 0.478. The molecule has 2 aromatic rings. The van der Waals surface area contributed by atoms with E-state index in [1.54, 1.807) is 0 Å². The first-order valence-electron chi connectivity index (χ1n) is 9.85. The van der Waals surface area contributed by atoms with Gasteiger partial charge in [-0.25, -0.2) is 0 Å². The van der Waals surface area contributed by atoms with Gasteiger partial charge in [0, 0.05) is 12.5 Å². The van der Waals surface area contributed by atoms with Crippen LogP contribution >= 0.6 is 0 Å². The molecule has 1 fully saturated rings. The van der Waals surface area contributed by atoms with Crippen LogP contribution in [0.3, 0.4) is 0 Å². The van der Waals surface area contributed by atoms with Crippen molar-refractivity contribution >= 4 is 0 Å². The summed E-state index contributed by atoms with van der Waals surface area (Å²) in [6.07, 6.45) is 3.48. The normalized spacial score (nSPS) is 17.8. The van der Waals surface area contributed by atoms with Crippen molar-refractivity contribution in [1.82, 2.24) is 4.90 Å². The maximum atomic E-state index is 11.2. The van der Waals surface area contributed by atoms with Gasteiger partial charge in [-0.15, -0.1) is 0 Å². The van der Waals surface area contributed by atoms with Crippen LogP contribution in [0.1, 0.15) is 56.3 Å². The third kappa shape index (κ3) is 5.09. The second kappa shape index (κ2) is 9.20. The molecule has 3 nitrogen and oxygen atoms in total. The summed E-state index contributed by atoms with van der Waals surface area (Å²) in [4.78, 5) is 2.50. The second-order valence-corrected chi connectivity index (χ2v) is 7.56. The van der Waals surface area contributed by atoms with Crippen LogP contribution in [-0.2, 0) is 0 Å². The predicted octanol–water partition coefficient (Wildman–Crippen LogP) is 4.78. The maximum absolute atomic E-state index is 11.2. The van der Waals surface area contributed by atoms with Crippen LogP contribution in [0.25, 0.3) is 0 Å². The number of aliphatic hydroxyl groups excluding tert-OH is 1. The molecule has 1 saturated heterocycles. The highest BCUT2D eigenvalue weighted by atomic mass is 16.5. The fourth-order valence-electron chi connectivity index (χ4n) is 3.76. The molecule has 0 unspecified atom stereocenters. The molecule has 0 amide bonds. The number of rotatable bonds is 7. The van der Waals surface area contributed by atoms with Gasteiger partial charge in [-0.2, -0.15) is 0 Å². The molecule has 1 heterocycles. The van der Waals surface area contributed by atoms with Gasteiger partial charge >= 0.3 is 0 Å². The fourth-order valence-corrected chi connectivity index (χ4v) is 3.76. The van der Waals surface area contributed by atoms with E-state index >= 15 is 0 Å². The first kappa shape index (κ1) is 18.9. The molecule has 3 rings (SSSR count). The first-order valence-corrected chi connectivity index (χ1v) is 9.85. The van der Waals surface area contributed by atoms with E-state index in [0.717, 1.165) is 30.9 Å². The largest absolute Gasteiger partial charge is 0.491 e. The molecule has 0 radical (unpaired) electrons. The standard InChI is InChI=1S/C23H31NO2/c1-18(2)26-21-13-11-20(12-14-21)23(25)22(19-9-5-3-6-10-19)17-24-15-7-4-8-16-24/h3,5-6,9-14,18,22-23,25H,4,7-8,15-17H2,1-2H3/t22-,23-/m0/s1. The molecule has 0 aliphatic carbocycles. The van der Waals surface area contributed by atoms with E-state index in [1.165, 1.54) is 24.8 Å². The van der Waals surface area contributed by atoms with Gasteiger partial charge in [0.05, 0.1) is 12.2 Å². The van der Waals surface area contributed by atoms with E-state index in [0.29, 0.717) is 0 Å². The number of ether oxygens (including phenoxy) is 1. The molecule has 1 N–H and O–H groups in total.